The Morgan fingerprint density at radius 3 is 2.22 bits per heavy atom. The predicted octanol–water partition coefficient (Wildman–Crippen LogP) is 4.13. The highest BCUT2D eigenvalue weighted by Crippen LogP contribution is 2.40. The number of sulfone groups is 1. The third-order valence-corrected chi connectivity index (χ3v) is 10.0. The fourth-order valence-electron chi connectivity index (χ4n) is 3.91. The summed E-state index contributed by atoms with van der Waals surface area (Å²) in [5.41, 5.74) is -0.692. The lowest BCUT2D eigenvalue weighted by Crippen LogP contribution is -2.48. The van der Waals surface area contributed by atoms with E-state index in [1.54, 1.807) is 0 Å². The molecule has 0 spiro atoms. The predicted molar refractivity (Wildman–Crippen MR) is 138 cm³/mol. The van der Waals surface area contributed by atoms with Crippen molar-refractivity contribution in [2.75, 3.05) is 37.9 Å². The molecule has 1 fully saturated rings. The Morgan fingerprint density at radius 2 is 1.57 bits per heavy atom. The summed E-state index contributed by atoms with van der Waals surface area (Å²) in [6, 6.07) is 8.68. The standard InChI is InChI=1S/C23H22Cl2F2N4O4S2/c1-30-8-10-31(11-9-30)37(34,35)29-22-13-18(20(25)14-28-22)23(19-12-16(26)4-7-21(19)27)36(32,33)17-5-2-15(24)3-6-17/h2-7,12-14,23H,8-11H2,1H3,(H,28,29). The van der Waals surface area contributed by atoms with E-state index < -0.39 is 42.5 Å². The highest BCUT2D eigenvalue weighted by Gasteiger charge is 2.36. The second kappa shape index (κ2) is 10.8. The molecule has 198 valence electrons. The van der Waals surface area contributed by atoms with Crippen LogP contribution in [0.2, 0.25) is 10.0 Å². The number of rotatable bonds is 7. The van der Waals surface area contributed by atoms with Crippen LogP contribution in [0.4, 0.5) is 14.6 Å². The first-order valence-electron chi connectivity index (χ1n) is 10.9. The van der Waals surface area contributed by atoms with Crippen molar-refractivity contribution in [2.24, 2.45) is 0 Å². The van der Waals surface area contributed by atoms with Crippen LogP contribution in [0.1, 0.15) is 16.4 Å². The van der Waals surface area contributed by atoms with Crippen molar-refractivity contribution >= 4 is 49.1 Å². The molecule has 3 aromatic rings. The van der Waals surface area contributed by atoms with E-state index >= 15 is 0 Å². The summed E-state index contributed by atoms with van der Waals surface area (Å²) in [5, 5.41) is -1.74. The van der Waals surface area contributed by atoms with E-state index in [-0.39, 0.29) is 39.4 Å². The van der Waals surface area contributed by atoms with E-state index in [1.807, 2.05) is 11.9 Å². The minimum absolute atomic E-state index is 0.186. The molecule has 4 rings (SSSR count). The van der Waals surface area contributed by atoms with Crippen molar-refractivity contribution in [3.8, 4) is 0 Å². The van der Waals surface area contributed by atoms with Crippen LogP contribution in [-0.2, 0) is 20.0 Å². The van der Waals surface area contributed by atoms with Gasteiger partial charge in [-0.05, 0) is 61.1 Å². The summed E-state index contributed by atoms with van der Waals surface area (Å²) in [7, 11) is -6.61. The Kier molecular flexibility index (Phi) is 8.07. The molecule has 1 atom stereocenters. The zero-order valence-electron chi connectivity index (χ0n) is 19.4. The van der Waals surface area contributed by atoms with Gasteiger partial charge in [-0.15, -0.1) is 0 Å². The van der Waals surface area contributed by atoms with E-state index in [0.29, 0.717) is 13.1 Å². The third kappa shape index (κ3) is 6.05. The van der Waals surface area contributed by atoms with Crippen LogP contribution in [0, 0.1) is 11.6 Å². The van der Waals surface area contributed by atoms with Crippen molar-refractivity contribution in [1.82, 2.24) is 14.2 Å². The second-order valence-corrected chi connectivity index (χ2v) is 13.0. The quantitative estimate of drug-likeness (QED) is 0.444. The maximum absolute atomic E-state index is 15.0. The molecule has 14 heteroatoms. The summed E-state index contributed by atoms with van der Waals surface area (Å²) in [5.74, 6) is -2.09. The first-order chi connectivity index (χ1) is 17.4. The summed E-state index contributed by atoms with van der Waals surface area (Å²) >= 11 is 12.2. The van der Waals surface area contributed by atoms with E-state index in [2.05, 4.69) is 9.71 Å². The van der Waals surface area contributed by atoms with Gasteiger partial charge in [0.1, 0.15) is 22.7 Å². The molecule has 0 amide bonds. The number of nitrogens with one attached hydrogen (secondary N) is 1. The number of nitrogens with zero attached hydrogens (tertiary/aromatic N) is 3. The number of halogens is 4. The van der Waals surface area contributed by atoms with Crippen molar-refractivity contribution in [3.05, 3.63) is 87.5 Å². The molecule has 37 heavy (non-hydrogen) atoms. The molecule has 2 heterocycles. The second-order valence-electron chi connectivity index (χ2n) is 8.45. The van der Waals surface area contributed by atoms with Gasteiger partial charge in [-0.3, -0.25) is 4.72 Å². The topological polar surface area (TPSA) is 99.7 Å². The monoisotopic (exact) mass is 590 g/mol. The van der Waals surface area contributed by atoms with Gasteiger partial charge in [0.25, 0.3) is 0 Å². The lowest BCUT2D eigenvalue weighted by Gasteiger charge is -2.31. The third-order valence-electron chi connectivity index (χ3n) is 5.90. The first-order valence-corrected chi connectivity index (χ1v) is 14.7. The molecule has 0 saturated carbocycles. The van der Waals surface area contributed by atoms with E-state index in [1.165, 1.54) is 28.6 Å². The van der Waals surface area contributed by atoms with Crippen molar-refractivity contribution in [1.29, 1.82) is 0 Å². The van der Waals surface area contributed by atoms with Gasteiger partial charge in [-0.2, -0.15) is 12.7 Å². The normalized spacial score (nSPS) is 16.5. The van der Waals surface area contributed by atoms with Gasteiger partial charge in [-0.1, -0.05) is 23.2 Å². The number of benzene rings is 2. The molecule has 8 nitrogen and oxygen atoms in total. The highest BCUT2D eigenvalue weighted by molar-refractivity contribution is 7.92. The smallest absolute Gasteiger partial charge is 0.302 e. The summed E-state index contributed by atoms with van der Waals surface area (Å²) < 4.78 is 86.1. The van der Waals surface area contributed by atoms with Crippen LogP contribution in [-0.4, -0.2) is 64.3 Å². The molecule has 0 radical (unpaired) electrons. The number of piperazine rings is 1. The fraction of sp³-hybridized carbons (Fsp3) is 0.261. The van der Waals surface area contributed by atoms with Crippen LogP contribution in [0.15, 0.2) is 59.6 Å². The minimum atomic E-state index is -4.44. The molecule has 1 aromatic heterocycles. The molecule has 1 aliphatic heterocycles. The maximum Gasteiger partial charge on any atom is 0.302 e. The Balaban J connectivity index is 1.82. The van der Waals surface area contributed by atoms with Crippen molar-refractivity contribution in [2.45, 2.75) is 10.1 Å². The summed E-state index contributed by atoms with van der Waals surface area (Å²) in [6.45, 7) is 1.55. The zero-order valence-corrected chi connectivity index (χ0v) is 22.5. The van der Waals surface area contributed by atoms with Crippen LogP contribution >= 0.6 is 23.2 Å². The maximum atomic E-state index is 15.0. The van der Waals surface area contributed by atoms with E-state index in [4.69, 9.17) is 23.2 Å². The van der Waals surface area contributed by atoms with Gasteiger partial charge < -0.3 is 4.90 Å². The van der Waals surface area contributed by atoms with Gasteiger partial charge in [0.05, 0.1) is 9.92 Å². The molecule has 0 bridgehead atoms. The van der Waals surface area contributed by atoms with Gasteiger partial charge in [0.2, 0.25) is 0 Å². The average Bonchev–Trinajstić information content (AvgIpc) is 2.83. The van der Waals surface area contributed by atoms with Crippen molar-refractivity contribution < 1.29 is 25.6 Å². The number of anilines is 1. The first kappa shape index (κ1) is 27.7. The number of likely N-dealkylation sites (N-methyl/N-ethyl adjacent to an activating group) is 1. The molecule has 1 aliphatic rings. The Morgan fingerprint density at radius 1 is 0.919 bits per heavy atom. The van der Waals surface area contributed by atoms with Crippen LogP contribution in [0.25, 0.3) is 0 Å². The van der Waals surface area contributed by atoms with Gasteiger partial charge >= 0.3 is 10.2 Å². The molecule has 1 unspecified atom stereocenters. The highest BCUT2D eigenvalue weighted by atomic mass is 35.5. The lowest BCUT2D eigenvalue weighted by atomic mass is 10.0. The minimum Gasteiger partial charge on any atom is -0.304 e. The van der Waals surface area contributed by atoms with Crippen LogP contribution in [0.3, 0.4) is 0 Å². The Labute approximate surface area is 223 Å². The number of pyridine rings is 1. The molecular formula is C23H22Cl2F2N4O4S2. The SMILES string of the molecule is CN1CCN(S(=O)(=O)Nc2cc(C(c3cc(F)ccc3F)S(=O)(=O)c3ccc(Cl)cc3)c(Cl)cn2)CC1. The van der Waals surface area contributed by atoms with Crippen LogP contribution < -0.4 is 4.72 Å². The Bertz CT molecular complexity index is 1520. The molecule has 1 saturated heterocycles. The Hall–Kier alpha value is -2.35. The molecule has 1 N–H and O–H groups in total. The van der Waals surface area contributed by atoms with Gasteiger partial charge in [0.15, 0.2) is 9.84 Å². The van der Waals surface area contributed by atoms with Gasteiger partial charge in [0, 0.05) is 43.0 Å². The lowest BCUT2D eigenvalue weighted by molar-refractivity contribution is 0.223. The van der Waals surface area contributed by atoms with Gasteiger partial charge in [-0.25, -0.2) is 22.2 Å². The average molecular weight is 591 g/mol. The molecular weight excluding hydrogens is 569 g/mol. The van der Waals surface area contributed by atoms with E-state index in [9.17, 15) is 25.6 Å². The summed E-state index contributed by atoms with van der Waals surface area (Å²) in [4.78, 5) is 5.73. The molecule has 2 aromatic carbocycles. The fourth-order valence-corrected chi connectivity index (χ4v) is 7.30. The number of aromatic nitrogens is 1. The largest absolute Gasteiger partial charge is 0.304 e. The summed E-state index contributed by atoms with van der Waals surface area (Å²) in [6.07, 6.45) is 1.06. The van der Waals surface area contributed by atoms with E-state index in [0.717, 1.165) is 30.5 Å². The van der Waals surface area contributed by atoms with Crippen molar-refractivity contribution in [3.63, 3.8) is 0 Å². The van der Waals surface area contributed by atoms with Crippen LogP contribution in [0.5, 0.6) is 0 Å². The molecule has 0 aliphatic carbocycles. The number of hydrogen-bond donors (Lipinski definition) is 1. The zero-order chi connectivity index (χ0) is 27.0. The number of hydrogen-bond acceptors (Lipinski definition) is 6.